The predicted molar refractivity (Wildman–Crippen MR) is 55.5 cm³/mol. The van der Waals surface area contributed by atoms with Gasteiger partial charge < -0.3 is 16.2 Å². The fraction of sp³-hybridized carbons (Fsp3) is 1.00. The summed E-state index contributed by atoms with van der Waals surface area (Å²) in [6, 6.07) is 0. The van der Waals surface area contributed by atoms with Crippen LogP contribution in [0.25, 0.3) is 0 Å². The van der Waals surface area contributed by atoms with Crippen LogP contribution in [0.3, 0.4) is 0 Å². The average molecular weight is 236 g/mol. The van der Waals surface area contributed by atoms with Gasteiger partial charge in [-0.3, -0.25) is 0 Å². The Morgan fingerprint density at radius 1 is 1.43 bits per heavy atom. The molecule has 0 aliphatic carbocycles. The number of hydrogen-bond acceptors (Lipinski definition) is 6. The molecule has 0 aliphatic heterocycles. The first kappa shape index (κ1) is 17.2. The van der Waals surface area contributed by atoms with Crippen molar-refractivity contribution in [2.45, 2.75) is 13.2 Å². The van der Waals surface area contributed by atoms with Crippen molar-refractivity contribution in [2.24, 2.45) is 11.5 Å². The second-order valence-electron chi connectivity index (χ2n) is 2.33. The molecule has 82 valence electrons. The van der Waals surface area contributed by atoms with Crippen LogP contribution in [0.2, 0.25) is 0 Å². The first-order chi connectivity index (χ1) is 6.02. The molecule has 0 heterocycles. The van der Waals surface area contributed by atoms with Crippen LogP contribution in [-0.2, 0) is 19.0 Å². The third-order valence-corrected chi connectivity index (χ3v) is 2.39. The molecule has 0 rings (SSSR count). The zero-order chi connectivity index (χ0) is 10.3. The Kier molecular flexibility index (Phi) is 11.1. The van der Waals surface area contributed by atoms with Crippen LogP contribution in [0.1, 0.15) is 6.92 Å². The Bertz CT molecular complexity index is 222. The van der Waals surface area contributed by atoms with Crippen LogP contribution >= 0.6 is 0 Å². The predicted octanol–water partition coefficient (Wildman–Crippen LogP) is -2.04. The summed E-state index contributed by atoms with van der Waals surface area (Å²) in [5, 5.41) is 0. The van der Waals surface area contributed by atoms with Crippen molar-refractivity contribution in [2.75, 3.05) is 25.5 Å². The van der Waals surface area contributed by atoms with E-state index in [1.165, 1.54) is 0 Å². The van der Waals surface area contributed by atoms with Gasteiger partial charge in [-0.25, -0.2) is 4.18 Å². The van der Waals surface area contributed by atoms with Crippen molar-refractivity contribution < 1.29 is 17.3 Å². The van der Waals surface area contributed by atoms with Gasteiger partial charge in [0, 0.05) is 13.2 Å². The fourth-order valence-electron chi connectivity index (χ4n) is 0.581. The molecule has 0 aromatic heterocycles. The van der Waals surface area contributed by atoms with Crippen molar-refractivity contribution >= 4 is 39.7 Å². The Balaban J connectivity index is 0. The maximum atomic E-state index is 11.0. The average Bonchev–Trinajstić information content (AvgIpc) is 2.03. The van der Waals surface area contributed by atoms with E-state index in [0.29, 0.717) is 6.61 Å². The third-order valence-electron chi connectivity index (χ3n) is 1.18. The molecule has 0 spiro atoms. The quantitative estimate of drug-likeness (QED) is 0.228. The molecular formula is C6H17N2NaO4S. The van der Waals surface area contributed by atoms with Gasteiger partial charge in [-0.05, 0) is 6.92 Å². The molecule has 0 aromatic carbocycles. The van der Waals surface area contributed by atoms with E-state index < -0.39 is 16.3 Å². The molecule has 1 atom stereocenters. The van der Waals surface area contributed by atoms with E-state index >= 15 is 0 Å². The second kappa shape index (κ2) is 9.05. The molecule has 1 unspecified atom stereocenters. The van der Waals surface area contributed by atoms with E-state index in [1.54, 1.807) is 6.92 Å². The van der Waals surface area contributed by atoms with Crippen molar-refractivity contribution in [1.29, 1.82) is 0 Å². The number of rotatable bonds is 7. The molecule has 14 heavy (non-hydrogen) atoms. The van der Waals surface area contributed by atoms with E-state index in [0.717, 1.165) is 0 Å². The molecule has 0 amide bonds. The first-order valence-corrected chi connectivity index (χ1v) is 5.54. The summed E-state index contributed by atoms with van der Waals surface area (Å²) in [7, 11) is -3.60. The van der Waals surface area contributed by atoms with Gasteiger partial charge in [0.25, 0.3) is 10.1 Å². The van der Waals surface area contributed by atoms with Crippen molar-refractivity contribution in [3.05, 3.63) is 0 Å². The molecule has 0 saturated carbocycles. The third kappa shape index (κ3) is 9.35. The molecule has 0 radical (unpaired) electrons. The molecular weight excluding hydrogens is 219 g/mol. The Hall–Kier alpha value is 0.790. The fourth-order valence-corrected chi connectivity index (χ4v) is 1.45. The summed E-state index contributed by atoms with van der Waals surface area (Å²) >= 11 is 0. The monoisotopic (exact) mass is 236 g/mol. The zero-order valence-corrected chi connectivity index (χ0v) is 8.42. The zero-order valence-electron chi connectivity index (χ0n) is 7.60. The molecule has 0 bridgehead atoms. The standard InChI is InChI=1S/C6H16N2O4S.Na.H/c1-2-11-3-4-13(9,10)12-6(8)5-7;;/h6H,2-5,7-8H2,1H3;;. The topological polar surface area (TPSA) is 105 Å². The first-order valence-electron chi connectivity index (χ1n) is 3.96. The molecule has 0 fully saturated rings. The van der Waals surface area contributed by atoms with Crippen molar-refractivity contribution in [1.82, 2.24) is 0 Å². The van der Waals surface area contributed by atoms with Gasteiger partial charge in [0.15, 0.2) is 0 Å². The molecule has 8 heteroatoms. The van der Waals surface area contributed by atoms with Crippen LogP contribution in [0.15, 0.2) is 0 Å². The van der Waals surface area contributed by atoms with E-state index in [-0.39, 0.29) is 48.5 Å². The van der Waals surface area contributed by atoms with Gasteiger partial charge >= 0.3 is 29.6 Å². The van der Waals surface area contributed by atoms with Crippen LogP contribution in [0.4, 0.5) is 0 Å². The van der Waals surface area contributed by atoms with Gasteiger partial charge in [0.1, 0.15) is 6.23 Å². The van der Waals surface area contributed by atoms with Crippen LogP contribution in [0.5, 0.6) is 0 Å². The van der Waals surface area contributed by atoms with E-state index in [1.807, 2.05) is 0 Å². The summed E-state index contributed by atoms with van der Waals surface area (Å²) in [4.78, 5) is 0. The second-order valence-corrected chi connectivity index (χ2v) is 4.05. The van der Waals surface area contributed by atoms with Crippen molar-refractivity contribution in [3.63, 3.8) is 0 Å². The number of nitrogens with two attached hydrogens (primary N) is 2. The van der Waals surface area contributed by atoms with Crippen LogP contribution < -0.4 is 11.5 Å². The van der Waals surface area contributed by atoms with Gasteiger partial charge in [-0.2, -0.15) is 8.42 Å². The minimum absolute atomic E-state index is 0. The van der Waals surface area contributed by atoms with E-state index in [2.05, 4.69) is 4.18 Å². The van der Waals surface area contributed by atoms with Gasteiger partial charge in [0.2, 0.25) is 0 Å². The summed E-state index contributed by atoms with van der Waals surface area (Å²) in [5.41, 5.74) is 10.3. The Labute approximate surface area is 107 Å². The maximum absolute atomic E-state index is 11.0. The summed E-state index contributed by atoms with van der Waals surface area (Å²) < 4.78 is 31.4. The van der Waals surface area contributed by atoms with Gasteiger partial charge in [-0.1, -0.05) is 0 Å². The van der Waals surface area contributed by atoms with Gasteiger partial charge in [0.05, 0.1) is 12.4 Å². The van der Waals surface area contributed by atoms with Crippen LogP contribution in [0, 0.1) is 0 Å². The van der Waals surface area contributed by atoms with Crippen LogP contribution in [-0.4, -0.2) is 69.7 Å². The SMILES string of the molecule is CCOCCS(=O)(=O)OC(N)CN.[NaH]. The molecule has 0 saturated heterocycles. The van der Waals surface area contributed by atoms with Gasteiger partial charge in [-0.15, -0.1) is 0 Å². The molecule has 6 nitrogen and oxygen atoms in total. The summed E-state index contributed by atoms with van der Waals surface area (Å²) in [6.45, 7) is 2.32. The molecule has 0 aromatic rings. The number of hydrogen-bond donors (Lipinski definition) is 2. The normalized spacial score (nSPS) is 13.4. The Morgan fingerprint density at radius 3 is 2.43 bits per heavy atom. The van der Waals surface area contributed by atoms with E-state index in [4.69, 9.17) is 16.2 Å². The summed E-state index contributed by atoms with van der Waals surface area (Å²) in [5.74, 6) is -0.200. The van der Waals surface area contributed by atoms with Crippen molar-refractivity contribution in [3.8, 4) is 0 Å². The molecule has 4 N–H and O–H groups in total. The van der Waals surface area contributed by atoms with E-state index in [9.17, 15) is 8.42 Å². The molecule has 0 aliphatic rings. The Morgan fingerprint density at radius 2 is 2.00 bits per heavy atom. The summed E-state index contributed by atoms with van der Waals surface area (Å²) in [6.07, 6.45) is -0.966. The number of ether oxygens (including phenoxy) is 1. The minimum atomic E-state index is -3.60.